The minimum atomic E-state index is -0.420. The summed E-state index contributed by atoms with van der Waals surface area (Å²) in [6.07, 6.45) is 0.771. The number of nitrogens with one attached hydrogen (secondary N) is 2. The predicted molar refractivity (Wildman–Crippen MR) is 174 cm³/mol. The highest BCUT2D eigenvalue weighted by Crippen LogP contribution is 2.69. The Morgan fingerprint density at radius 1 is 1.00 bits per heavy atom. The van der Waals surface area contributed by atoms with Crippen molar-refractivity contribution in [2.24, 2.45) is 29.6 Å². The van der Waals surface area contributed by atoms with Crippen molar-refractivity contribution in [1.82, 2.24) is 4.98 Å². The van der Waals surface area contributed by atoms with Crippen molar-refractivity contribution in [3.05, 3.63) is 97.4 Å². The second kappa shape index (κ2) is 10.9. The molecule has 2 aliphatic heterocycles. The van der Waals surface area contributed by atoms with Gasteiger partial charge in [-0.15, -0.1) is 11.8 Å². The number of thiazole rings is 1. The van der Waals surface area contributed by atoms with E-state index in [4.69, 9.17) is 4.74 Å². The molecule has 9 nitrogen and oxygen atoms in total. The monoisotopic (exact) mass is 703 g/mol. The minimum Gasteiger partial charge on any atom is -0.508 e. The molecular weight excluding hydrogens is 678 g/mol. The fourth-order valence-corrected chi connectivity index (χ4v) is 11.2. The number of imide groups is 1. The smallest absolute Gasteiger partial charge is 0.305 e. The minimum absolute atomic E-state index is 0.00757. The van der Waals surface area contributed by atoms with E-state index in [9.17, 15) is 24.3 Å². The van der Waals surface area contributed by atoms with Crippen molar-refractivity contribution in [2.45, 2.75) is 22.6 Å². The first-order valence-electron chi connectivity index (χ1n) is 14.6. The largest absolute Gasteiger partial charge is 0.508 e. The number of rotatable bonds is 6. The number of ether oxygens (including phenoxy) is 1. The summed E-state index contributed by atoms with van der Waals surface area (Å²) in [7, 11) is 0. The highest BCUT2D eigenvalue weighted by atomic mass is 79.9. The summed E-state index contributed by atoms with van der Waals surface area (Å²) in [6, 6.07) is 20.9. The van der Waals surface area contributed by atoms with Crippen molar-refractivity contribution in [1.29, 1.82) is 0 Å². The van der Waals surface area contributed by atoms with Crippen LogP contribution in [0.3, 0.4) is 0 Å². The van der Waals surface area contributed by atoms with Gasteiger partial charge in [0.05, 0.1) is 22.5 Å². The Hall–Kier alpha value is -3.87. The number of phenols is 1. The quantitative estimate of drug-likeness (QED) is 0.176. The molecule has 228 valence electrons. The molecule has 3 heterocycles. The molecular formula is C33H26BrN3O6S2. The lowest BCUT2D eigenvalue weighted by Gasteiger charge is -2.43. The number of nitrogens with zero attached hydrogens (tertiary/aromatic N) is 1. The molecule has 1 saturated heterocycles. The van der Waals surface area contributed by atoms with E-state index in [1.807, 2.05) is 36.4 Å². The lowest BCUT2D eigenvalue weighted by molar-refractivity contribution is -0.123. The number of para-hydroxylation sites is 1. The Morgan fingerprint density at radius 2 is 1.73 bits per heavy atom. The number of amides is 3. The number of halogens is 1. The molecule has 45 heavy (non-hydrogen) atoms. The molecule has 4 aromatic rings. The summed E-state index contributed by atoms with van der Waals surface area (Å²) in [5, 5.41) is 13.1. The Labute approximate surface area is 274 Å². The SMILES string of the molecule is O=C(COc1ccc(Br)cc1[C@H]1c2sc(=O)[nH]c2SC2C3CC(C4C(=O)N(c5ccccc5)C(=O)C34)C21)Nc1ccc(O)cc1. The van der Waals surface area contributed by atoms with Gasteiger partial charge in [-0.25, -0.2) is 0 Å². The van der Waals surface area contributed by atoms with Crippen LogP contribution in [-0.2, 0) is 14.4 Å². The first-order chi connectivity index (χ1) is 21.8. The number of anilines is 2. The third-order valence-corrected chi connectivity index (χ3v) is 12.6. The Balaban J connectivity index is 1.14. The molecule has 2 saturated carbocycles. The summed E-state index contributed by atoms with van der Waals surface area (Å²) < 4.78 is 6.97. The van der Waals surface area contributed by atoms with E-state index in [1.54, 1.807) is 36.0 Å². The second-order valence-corrected chi connectivity index (χ2v) is 15.0. The topological polar surface area (TPSA) is 129 Å². The van der Waals surface area contributed by atoms with Gasteiger partial charge < -0.3 is 20.1 Å². The number of thioether (sulfide) groups is 1. The molecule has 3 aromatic carbocycles. The maximum atomic E-state index is 14.0. The van der Waals surface area contributed by atoms with Crippen LogP contribution in [0.5, 0.6) is 11.5 Å². The first-order valence-corrected chi connectivity index (χ1v) is 17.1. The van der Waals surface area contributed by atoms with Gasteiger partial charge in [0, 0.05) is 31.8 Å². The molecule has 1 aromatic heterocycles. The van der Waals surface area contributed by atoms with Crippen LogP contribution in [0.2, 0.25) is 0 Å². The molecule has 6 unspecified atom stereocenters. The van der Waals surface area contributed by atoms with Crippen LogP contribution >= 0.6 is 39.0 Å². The summed E-state index contributed by atoms with van der Waals surface area (Å²) in [6.45, 7) is -0.253. The molecule has 2 aliphatic carbocycles. The van der Waals surface area contributed by atoms with E-state index < -0.39 is 5.92 Å². The number of hydrogen-bond acceptors (Lipinski definition) is 8. The number of aromatic amines is 1. The average Bonchev–Trinajstić information content (AvgIpc) is 3.77. The van der Waals surface area contributed by atoms with E-state index in [1.165, 1.54) is 28.4 Å². The standard InChI is InChI=1S/C33H26BrN3O6S2/c34-15-6-11-22(43-14-23(39)35-16-7-9-18(38)10-8-16)19(12-15)24-25-20-13-21(28(25)44-30-29(24)45-33(42)36-30)27-26(20)31(40)37(32(27)41)17-4-2-1-3-5-17/h1-12,20-21,24-28,38H,13-14H2,(H,35,39)(H,36,42)/t20?,21?,24-,25?,26?,27?,28?/m1/s1. The summed E-state index contributed by atoms with van der Waals surface area (Å²) in [4.78, 5) is 58.5. The average molecular weight is 705 g/mol. The van der Waals surface area contributed by atoms with Crippen LogP contribution < -0.4 is 19.8 Å². The zero-order chi connectivity index (χ0) is 31.0. The van der Waals surface area contributed by atoms with Gasteiger partial charge >= 0.3 is 4.87 Å². The first kappa shape index (κ1) is 28.6. The molecule has 3 amide bonds. The second-order valence-electron chi connectivity index (χ2n) is 11.9. The zero-order valence-electron chi connectivity index (χ0n) is 23.5. The Bertz CT molecular complexity index is 1910. The fraction of sp³-hybridized carbons (Fsp3) is 0.273. The van der Waals surface area contributed by atoms with Gasteiger partial charge in [-0.05, 0) is 78.8 Å². The van der Waals surface area contributed by atoms with Crippen LogP contribution in [0.15, 0.2) is 87.1 Å². The van der Waals surface area contributed by atoms with Gasteiger partial charge in [0.2, 0.25) is 11.8 Å². The number of carbonyl (C=O) groups is 3. The normalized spacial score (nSPS) is 27.7. The number of carbonyl (C=O) groups excluding carboxylic acids is 3. The third-order valence-electron chi connectivity index (χ3n) is 9.56. The molecule has 12 heteroatoms. The predicted octanol–water partition coefficient (Wildman–Crippen LogP) is 5.60. The number of H-pyrrole nitrogens is 1. The maximum absolute atomic E-state index is 14.0. The van der Waals surface area contributed by atoms with Gasteiger partial charge in [-0.2, -0.15) is 0 Å². The molecule has 3 N–H and O–H groups in total. The molecule has 7 atom stereocenters. The van der Waals surface area contributed by atoms with Crippen molar-refractivity contribution < 1.29 is 24.2 Å². The molecule has 8 rings (SSSR count). The van der Waals surface area contributed by atoms with E-state index in [2.05, 4.69) is 26.2 Å². The number of phenolic OH excluding ortho intramolecular Hbond substituents is 1. The summed E-state index contributed by atoms with van der Waals surface area (Å²) in [5.74, 6) is -1.18. The number of hydrogen-bond donors (Lipinski definition) is 3. The number of fused-ring (bicyclic) bond motifs is 9. The van der Waals surface area contributed by atoms with E-state index in [-0.39, 0.29) is 69.8 Å². The van der Waals surface area contributed by atoms with Gasteiger partial charge in [0.25, 0.3) is 5.91 Å². The van der Waals surface area contributed by atoms with E-state index >= 15 is 0 Å². The summed E-state index contributed by atoms with van der Waals surface area (Å²) in [5.41, 5.74) is 1.96. The van der Waals surface area contributed by atoms with Crippen molar-refractivity contribution in [2.75, 3.05) is 16.8 Å². The maximum Gasteiger partial charge on any atom is 0.305 e. The Kier molecular flexibility index (Phi) is 6.92. The highest BCUT2D eigenvalue weighted by Gasteiger charge is 2.69. The fourth-order valence-electron chi connectivity index (χ4n) is 7.98. The van der Waals surface area contributed by atoms with E-state index in [0.717, 1.165) is 26.4 Å². The number of aromatic nitrogens is 1. The van der Waals surface area contributed by atoms with Crippen LogP contribution in [-0.4, -0.2) is 39.7 Å². The van der Waals surface area contributed by atoms with Crippen LogP contribution in [0.4, 0.5) is 11.4 Å². The molecule has 0 spiro atoms. The van der Waals surface area contributed by atoms with Crippen molar-refractivity contribution >= 4 is 68.1 Å². The van der Waals surface area contributed by atoms with Crippen molar-refractivity contribution in [3.63, 3.8) is 0 Å². The molecule has 0 radical (unpaired) electrons. The van der Waals surface area contributed by atoms with Gasteiger partial charge in [0.15, 0.2) is 6.61 Å². The molecule has 2 bridgehead atoms. The van der Waals surface area contributed by atoms with Crippen molar-refractivity contribution in [3.8, 4) is 11.5 Å². The van der Waals surface area contributed by atoms with Crippen LogP contribution in [0.1, 0.15) is 22.8 Å². The number of benzene rings is 3. The van der Waals surface area contributed by atoms with Crippen LogP contribution in [0.25, 0.3) is 0 Å². The molecule has 4 aliphatic rings. The van der Waals surface area contributed by atoms with Crippen LogP contribution in [0, 0.1) is 29.6 Å². The number of aromatic hydroxyl groups is 1. The third kappa shape index (κ3) is 4.64. The van der Waals surface area contributed by atoms with Gasteiger partial charge in [-0.1, -0.05) is 45.5 Å². The zero-order valence-corrected chi connectivity index (χ0v) is 26.7. The highest BCUT2D eigenvalue weighted by molar-refractivity contribution is 9.10. The lowest BCUT2D eigenvalue weighted by Crippen LogP contribution is -2.42. The van der Waals surface area contributed by atoms with Gasteiger partial charge in [-0.3, -0.25) is 24.1 Å². The lowest BCUT2D eigenvalue weighted by atomic mass is 9.68. The molecule has 3 fully saturated rings. The van der Waals surface area contributed by atoms with E-state index in [0.29, 0.717) is 17.1 Å². The Morgan fingerprint density at radius 3 is 2.49 bits per heavy atom. The summed E-state index contributed by atoms with van der Waals surface area (Å²) >= 11 is 6.41. The van der Waals surface area contributed by atoms with Gasteiger partial charge in [0.1, 0.15) is 11.5 Å².